The number of halogens is 2. The number of hydrogen-bond donors (Lipinski definition) is 1. The smallest absolute Gasteiger partial charge is 0.258 e. The second kappa shape index (κ2) is 6.22. The zero-order valence-electron chi connectivity index (χ0n) is 12.6. The summed E-state index contributed by atoms with van der Waals surface area (Å²) >= 11 is 5.93. The number of hydrogen-bond acceptors (Lipinski definition) is 3. The maximum absolute atomic E-state index is 13.8. The van der Waals surface area contributed by atoms with Crippen LogP contribution in [0.2, 0.25) is 5.02 Å². The molecule has 1 aromatic rings. The highest BCUT2D eigenvalue weighted by Crippen LogP contribution is 2.23. The van der Waals surface area contributed by atoms with E-state index in [9.17, 15) is 14.0 Å². The Bertz CT molecular complexity index is 578. The molecule has 2 rings (SSSR count). The van der Waals surface area contributed by atoms with E-state index in [1.54, 1.807) is 13.8 Å². The SMILES string of the molecule is CC(C)(C(N)=O)N1CCN(C(=O)c2c(F)cccc2Cl)CC1. The van der Waals surface area contributed by atoms with Crippen molar-refractivity contribution < 1.29 is 14.0 Å². The Hall–Kier alpha value is -1.66. The number of benzene rings is 1. The average molecular weight is 328 g/mol. The molecule has 120 valence electrons. The van der Waals surface area contributed by atoms with Gasteiger partial charge in [-0.15, -0.1) is 0 Å². The molecule has 2 amide bonds. The molecule has 1 fully saturated rings. The van der Waals surface area contributed by atoms with Gasteiger partial charge in [-0.25, -0.2) is 4.39 Å². The summed E-state index contributed by atoms with van der Waals surface area (Å²) in [5.41, 5.74) is 4.52. The van der Waals surface area contributed by atoms with E-state index in [2.05, 4.69) is 0 Å². The first-order valence-corrected chi connectivity index (χ1v) is 7.41. The molecule has 0 aliphatic carbocycles. The summed E-state index contributed by atoms with van der Waals surface area (Å²) in [6.45, 7) is 5.27. The Balaban J connectivity index is 2.09. The van der Waals surface area contributed by atoms with E-state index in [1.165, 1.54) is 23.1 Å². The highest BCUT2D eigenvalue weighted by molar-refractivity contribution is 6.33. The molecule has 0 spiro atoms. The molecule has 0 saturated carbocycles. The van der Waals surface area contributed by atoms with Crippen molar-refractivity contribution in [2.24, 2.45) is 5.73 Å². The molecule has 5 nitrogen and oxygen atoms in total. The van der Waals surface area contributed by atoms with Crippen molar-refractivity contribution >= 4 is 23.4 Å². The Morgan fingerprint density at radius 3 is 2.32 bits per heavy atom. The Morgan fingerprint density at radius 2 is 1.82 bits per heavy atom. The summed E-state index contributed by atoms with van der Waals surface area (Å²) in [6.07, 6.45) is 0. The predicted molar refractivity (Wildman–Crippen MR) is 82.2 cm³/mol. The van der Waals surface area contributed by atoms with Crippen molar-refractivity contribution in [1.29, 1.82) is 0 Å². The number of carbonyl (C=O) groups excluding carboxylic acids is 2. The van der Waals surface area contributed by atoms with Crippen molar-refractivity contribution in [3.63, 3.8) is 0 Å². The van der Waals surface area contributed by atoms with Crippen LogP contribution < -0.4 is 5.73 Å². The zero-order valence-corrected chi connectivity index (χ0v) is 13.4. The number of carbonyl (C=O) groups is 2. The van der Waals surface area contributed by atoms with Gasteiger partial charge in [0.25, 0.3) is 5.91 Å². The van der Waals surface area contributed by atoms with Gasteiger partial charge in [-0.1, -0.05) is 17.7 Å². The number of primary amides is 1. The first-order valence-electron chi connectivity index (χ1n) is 7.03. The van der Waals surface area contributed by atoms with Gasteiger partial charge in [0.1, 0.15) is 5.82 Å². The minimum atomic E-state index is -0.773. The van der Waals surface area contributed by atoms with Crippen LogP contribution in [0.5, 0.6) is 0 Å². The molecule has 7 heteroatoms. The molecule has 1 saturated heterocycles. The topological polar surface area (TPSA) is 66.6 Å². The van der Waals surface area contributed by atoms with Gasteiger partial charge in [0.15, 0.2) is 0 Å². The molecule has 1 aliphatic rings. The normalized spacial score (nSPS) is 16.6. The van der Waals surface area contributed by atoms with Crippen LogP contribution in [0.15, 0.2) is 18.2 Å². The molecule has 2 N–H and O–H groups in total. The number of piperazine rings is 1. The van der Waals surface area contributed by atoms with Crippen LogP contribution in [0.4, 0.5) is 4.39 Å². The lowest BCUT2D eigenvalue weighted by Crippen LogP contribution is -2.60. The molecule has 1 heterocycles. The molecule has 0 bridgehead atoms. The number of amides is 2. The average Bonchev–Trinajstić information content (AvgIpc) is 2.47. The van der Waals surface area contributed by atoms with Crippen LogP contribution in [0.25, 0.3) is 0 Å². The maximum atomic E-state index is 13.8. The highest BCUT2D eigenvalue weighted by atomic mass is 35.5. The molecule has 22 heavy (non-hydrogen) atoms. The third kappa shape index (κ3) is 3.08. The summed E-state index contributed by atoms with van der Waals surface area (Å²) < 4.78 is 13.8. The lowest BCUT2D eigenvalue weighted by atomic mass is 10.0. The lowest BCUT2D eigenvalue weighted by Gasteiger charge is -2.42. The van der Waals surface area contributed by atoms with Gasteiger partial charge in [0.2, 0.25) is 5.91 Å². The Morgan fingerprint density at radius 1 is 1.23 bits per heavy atom. The van der Waals surface area contributed by atoms with Gasteiger partial charge in [-0.05, 0) is 26.0 Å². The second-order valence-electron chi connectivity index (χ2n) is 5.80. The van der Waals surface area contributed by atoms with Crippen molar-refractivity contribution in [3.8, 4) is 0 Å². The van der Waals surface area contributed by atoms with Gasteiger partial charge in [-0.3, -0.25) is 14.5 Å². The van der Waals surface area contributed by atoms with Crippen molar-refractivity contribution in [2.75, 3.05) is 26.2 Å². The highest BCUT2D eigenvalue weighted by Gasteiger charge is 2.36. The second-order valence-corrected chi connectivity index (χ2v) is 6.21. The summed E-state index contributed by atoms with van der Waals surface area (Å²) in [5.74, 6) is -1.47. The number of rotatable bonds is 3. The van der Waals surface area contributed by atoms with Gasteiger partial charge >= 0.3 is 0 Å². The molecular formula is C15H19ClFN3O2. The predicted octanol–water partition coefficient (Wildman–Crippen LogP) is 1.50. The Kier molecular flexibility index (Phi) is 4.72. The van der Waals surface area contributed by atoms with E-state index >= 15 is 0 Å². The van der Waals surface area contributed by atoms with Gasteiger partial charge < -0.3 is 10.6 Å². The quantitative estimate of drug-likeness (QED) is 0.915. The van der Waals surface area contributed by atoms with E-state index in [1.807, 2.05) is 4.90 Å². The summed E-state index contributed by atoms with van der Waals surface area (Å²) in [6, 6.07) is 4.16. The maximum Gasteiger partial charge on any atom is 0.258 e. The minimum Gasteiger partial charge on any atom is -0.368 e. The van der Waals surface area contributed by atoms with Gasteiger partial charge in [-0.2, -0.15) is 0 Å². The van der Waals surface area contributed by atoms with Crippen LogP contribution in [-0.2, 0) is 4.79 Å². The molecule has 0 unspecified atom stereocenters. The largest absolute Gasteiger partial charge is 0.368 e. The third-order valence-electron chi connectivity index (χ3n) is 4.14. The van der Waals surface area contributed by atoms with Gasteiger partial charge in [0.05, 0.1) is 16.1 Å². The van der Waals surface area contributed by atoms with E-state index in [-0.39, 0.29) is 10.6 Å². The van der Waals surface area contributed by atoms with E-state index in [0.717, 1.165) is 0 Å². The van der Waals surface area contributed by atoms with Crippen molar-refractivity contribution in [2.45, 2.75) is 19.4 Å². The van der Waals surface area contributed by atoms with E-state index < -0.39 is 23.2 Å². The van der Waals surface area contributed by atoms with Crippen LogP contribution in [0, 0.1) is 5.82 Å². The fourth-order valence-electron chi connectivity index (χ4n) is 2.48. The molecule has 1 aliphatic heterocycles. The summed E-state index contributed by atoms with van der Waals surface area (Å²) in [4.78, 5) is 27.4. The third-order valence-corrected chi connectivity index (χ3v) is 4.45. The zero-order chi connectivity index (χ0) is 16.5. The van der Waals surface area contributed by atoms with Gasteiger partial charge in [0, 0.05) is 26.2 Å². The standard InChI is InChI=1S/C15H19ClFN3O2/c1-15(2,14(18)22)20-8-6-19(7-9-20)13(21)12-10(16)4-3-5-11(12)17/h3-5H,6-9H2,1-2H3,(H2,18,22). The molecule has 1 aromatic carbocycles. The number of nitrogens with two attached hydrogens (primary N) is 1. The fourth-order valence-corrected chi connectivity index (χ4v) is 2.73. The van der Waals surface area contributed by atoms with E-state index in [4.69, 9.17) is 17.3 Å². The Labute approximate surface area is 133 Å². The van der Waals surface area contributed by atoms with E-state index in [0.29, 0.717) is 26.2 Å². The summed E-state index contributed by atoms with van der Waals surface area (Å²) in [7, 11) is 0. The van der Waals surface area contributed by atoms with Crippen molar-refractivity contribution in [1.82, 2.24) is 9.80 Å². The monoisotopic (exact) mass is 327 g/mol. The summed E-state index contributed by atoms with van der Waals surface area (Å²) in [5, 5.41) is 0.102. The molecular weight excluding hydrogens is 309 g/mol. The van der Waals surface area contributed by atoms with Crippen LogP contribution in [-0.4, -0.2) is 53.3 Å². The molecule has 0 radical (unpaired) electrons. The van der Waals surface area contributed by atoms with Crippen LogP contribution >= 0.6 is 11.6 Å². The first kappa shape index (κ1) is 16.7. The molecule has 0 aromatic heterocycles. The fraction of sp³-hybridized carbons (Fsp3) is 0.467. The minimum absolute atomic E-state index is 0.102. The van der Waals surface area contributed by atoms with Crippen LogP contribution in [0.3, 0.4) is 0 Å². The van der Waals surface area contributed by atoms with Crippen LogP contribution in [0.1, 0.15) is 24.2 Å². The number of nitrogens with zero attached hydrogens (tertiary/aromatic N) is 2. The lowest BCUT2D eigenvalue weighted by molar-refractivity contribution is -0.129. The first-order chi connectivity index (χ1) is 10.2. The molecule has 0 atom stereocenters. The van der Waals surface area contributed by atoms with Crippen molar-refractivity contribution in [3.05, 3.63) is 34.6 Å².